The molecule has 0 radical (unpaired) electrons. The largest absolute Gasteiger partial charge is 0.509 e. The van der Waals surface area contributed by atoms with Gasteiger partial charge in [0, 0.05) is 68.5 Å². The molecule has 1 fully saturated rings. The molecule has 4 heterocycles. The topological polar surface area (TPSA) is 27.1 Å². The zero-order chi connectivity index (χ0) is 41.1. The molecule has 304 valence electrons. The van der Waals surface area contributed by atoms with Crippen LogP contribution in [-0.4, -0.2) is 9.55 Å². The molecule has 8 aromatic rings. The average molecular weight is 967 g/mol. The molecule has 0 saturated carbocycles. The second-order valence-electron chi connectivity index (χ2n) is 19.4. The van der Waals surface area contributed by atoms with Gasteiger partial charge in [-0.1, -0.05) is 135 Å². The molecule has 0 amide bonds. The Balaban J connectivity index is 0.00000462. The molecule has 0 bridgehead atoms. The molecular weight excluding hydrogens is 916 g/mol. The number of quaternary nitrogens is 2. The van der Waals surface area contributed by atoms with Crippen LogP contribution in [0.25, 0.3) is 38.8 Å². The van der Waals surface area contributed by atoms with E-state index in [0.29, 0.717) is 20.7 Å². The molecule has 0 aliphatic carbocycles. The van der Waals surface area contributed by atoms with E-state index in [1.54, 1.807) is 0 Å². The maximum Gasteiger partial charge on any atom is 0.225 e. The van der Waals surface area contributed by atoms with E-state index in [1.807, 2.05) is 18.3 Å². The van der Waals surface area contributed by atoms with Crippen molar-refractivity contribution < 1.29 is 25.8 Å². The predicted molar refractivity (Wildman–Crippen MR) is 244 cm³/mol. The van der Waals surface area contributed by atoms with E-state index in [0.717, 1.165) is 33.3 Å². The monoisotopic (exact) mass is 966 g/mol. The summed E-state index contributed by atoms with van der Waals surface area (Å²) >= 11 is 0. The molecule has 1 unspecified atom stereocenters. The van der Waals surface area contributed by atoms with E-state index in [9.17, 15) is 0 Å². The number of benzene rings is 6. The first-order chi connectivity index (χ1) is 28.1. The molecule has 2 aliphatic rings. The number of para-hydroxylation sites is 3. The van der Waals surface area contributed by atoms with E-state index < -0.39 is 0 Å². The van der Waals surface area contributed by atoms with Crippen LogP contribution in [0.1, 0.15) is 79.0 Å². The summed E-state index contributed by atoms with van der Waals surface area (Å²) in [5.74, 6) is 2.14. The van der Waals surface area contributed by atoms with Gasteiger partial charge in [-0.2, -0.15) is 16.7 Å². The van der Waals surface area contributed by atoms with E-state index >= 15 is 0 Å². The van der Waals surface area contributed by atoms with E-state index in [4.69, 9.17) is 9.72 Å². The van der Waals surface area contributed by atoms with Crippen LogP contribution in [0.3, 0.4) is 0 Å². The van der Waals surface area contributed by atoms with Crippen molar-refractivity contribution in [3.8, 4) is 28.4 Å². The van der Waals surface area contributed by atoms with Crippen LogP contribution in [0.4, 0.5) is 22.7 Å². The van der Waals surface area contributed by atoms with Crippen LogP contribution in [0.2, 0.25) is 0 Å². The third kappa shape index (κ3) is 6.20. The fourth-order valence-electron chi connectivity index (χ4n) is 8.99. The molecule has 10 rings (SSSR count). The molecule has 60 heavy (non-hydrogen) atoms. The second-order valence-corrected chi connectivity index (χ2v) is 19.4. The zero-order valence-electron chi connectivity index (χ0n) is 35.9. The maximum absolute atomic E-state index is 6.70. The Morgan fingerprint density at radius 1 is 0.550 bits per heavy atom. The number of ether oxygens (including phenoxy) is 1. The molecule has 6 aromatic carbocycles. The SMILES string of the molecule is CC(C)(C)c1ccc(-c2cc(C(C)(C)C)cc([N@+]34[CH-][N+]3(c3[c-]c(Oc5[c-]c6c(cc5)c5ccccc5n6-c5cc(C(C)(C)C)ccn5)ccc3)c3ccccc34)c2)cc1.[Pt]. The fourth-order valence-corrected chi connectivity index (χ4v) is 8.99. The van der Waals surface area contributed by atoms with Crippen molar-refractivity contribution in [2.45, 2.75) is 78.6 Å². The summed E-state index contributed by atoms with van der Waals surface area (Å²) in [7, 11) is 0. The fraction of sp³-hybridized carbons (Fsp3) is 0.222. The van der Waals surface area contributed by atoms with Crippen molar-refractivity contribution >= 4 is 44.6 Å². The third-order valence-electron chi connectivity index (χ3n) is 12.4. The van der Waals surface area contributed by atoms with Gasteiger partial charge in [0.2, 0.25) is 11.4 Å². The smallest absolute Gasteiger partial charge is 0.225 e. The molecule has 2 aliphatic heterocycles. The number of hydrogen-bond acceptors (Lipinski definition) is 2. The predicted octanol–water partition coefficient (Wildman–Crippen LogP) is 14.5. The number of pyridine rings is 1. The number of nitrogens with zero attached hydrogens (tertiary/aromatic N) is 4. The average Bonchev–Trinajstić information content (AvgIpc) is 3.70. The molecule has 5 nitrogen and oxygen atoms in total. The van der Waals surface area contributed by atoms with Gasteiger partial charge in [0.1, 0.15) is 5.82 Å². The first-order valence-electron chi connectivity index (χ1n) is 20.7. The third-order valence-corrected chi connectivity index (χ3v) is 12.4. The zero-order valence-corrected chi connectivity index (χ0v) is 38.1. The number of hydrogen-bond donors (Lipinski definition) is 0. The summed E-state index contributed by atoms with van der Waals surface area (Å²) in [6.45, 7) is 22.8. The molecule has 0 N–H and O–H groups in total. The summed E-state index contributed by atoms with van der Waals surface area (Å²) < 4.78 is 10.0. The van der Waals surface area contributed by atoms with Crippen molar-refractivity contribution in [3.63, 3.8) is 0 Å². The standard InChI is InChI=1S/C54H51N4O.Pt/c1-52(2,3)38-23-21-36(22-24-38)37-29-40(54(7,8)9)31-42(30-37)58-35-57(58,49-19-12-13-20-50(49)58)41-15-14-16-43(33-41)59-44-25-26-46-45-17-10-11-18-47(45)56(48(46)34-44)51-32-39(27-28-55-51)53(4,5)6;/h10-32,35H,1-9H3;/q-1;/t57?,58-;/m0./s1. The summed E-state index contributed by atoms with van der Waals surface area (Å²) in [5, 5.41) is 2.26. The molecule has 0 spiro atoms. The van der Waals surface area contributed by atoms with Crippen molar-refractivity contribution in [3.05, 3.63) is 175 Å². The molecular formula is C54H51N4OPt-. The minimum atomic E-state index is -0.0425. The van der Waals surface area contributed by atoms with E-state index in [2.05, 4.69) is 207 Å². The van der Waals surface area contributed by atoms with Crippen molar-refractivity contribution in [1.29, 1.82) is 0 Å². The van der Waals surface area contributed by atoms with Crippen LogP contribution in [0.15, 0.2) is 140 Å². The van der Waals surface area contributed by atoms with Crippen LogP contribution in [-0.2, 0) is 37.3 Å². The Hall–Kier alpha value is -5.32. The maximum atomic E-state index is 6.70. The first-order valence-corrected chi connectivity index (χ1v) is 20.7. The van der Waals surface area contributed by atoms with Gasteiger partial charge in [-0.25, -0.2) is 9.58 Å². The van der Waals surface area contributed by atoms with Gasteiger partial charge in [-0.3, -0.25) is 0 Å². The van der Waals surface area contributed by atoms with Crippen molar-refractivity contribution in [2.24, 2.45) is 0 Å². The van der Waals surface area contributed by atoms with Crippen molar-refractivity contribution in [2.75, 3.05) is 0 Å². The van der Waals surface area contributed by atoms with Crippen LogP contribution >= 0.6 is 0 Å². The van der Waals surface area contributed by atoms with Gasteiger partial charge in [0.15, 0.2) is 12.4 Å². The Kier molecular flexibility index (Phi) is 9.26. The quantitative estimate of drug-likeness (QED) is 0.0943. The Morgan fingerprint density at radius 3 is 1.93 bits per heavy atom. The van der Waals surface area contributed by atoms with Gasteiger partial charge >= 0.3 is 0 Å². The first kappa shape index (κ1) is 40.1. The number of aromatic nitrogens is 2. The van der Waals surface area contributed by atoms with Crippen LogP contribution < -0.4 is 13.9 Å². The molecule has 6 heteroatoms. The minimum absolute atomic E-state index is 0. The second kappa shape index (κ2) is 13.9. The molecule has 2 atom stereocenters. The van der Waals surface area contributed by atoms with Crippen LogP contribution in [0, 0.1) is 18.8 Å². The summed E-state index contributed by atoms with van der Waals surface area (Å²) in [4.78, 5) is 4.86. The molecule has 2 aromatic heterocycles. The van der Waals surface area contributed by atoms with Crippen LogP contribution in [0.5, 0.6) is 11.5 Å². The minimum Gasteiger partial charge on any atom is -0.509 e. The number of fused-ring (bicyclic) bond motifs is 7. The van der Waals surface area contributed by atoms with E-state index in [1.165, 1.54) is 44.9 Å². The Labute approximate surface area is 369 Å². The summed E-state index contributed by atoms with van der Waals surface area (Å²) in [6.07, 6.45) is 1.91. The van der Waals surface area contributed by atoms with Gasteiger partial charge in [-0.05, 0) is 67.6 Å². The Bertz CT molecular complexity index is 2960. The van der Waals surface area contributed by atoms with Crippen molar-refractivity contribution in [1.82, 2.24) is 18.7 Å². The Morgan fingerprint density at radius 2 is 1.22 bits per heavy atom. The van der Waals surface area contributed by atoms with E-state index in [-0.39, 0.29) is 37.3 Å². The summed E-state index contributed by atoms with van der Waals surface area (Å²) in [5.41, 5.74) is 13.2. The molecule has 1 saturated heterocycles. The normalized spacial score (nSPS) is 18.4. The van der Waals surface area contributed by atoms with Gasteiger partial charge in [0.05, 0.1) is 5.69 Å². The number of rotatable bonds is 6. The summed E-state index contributed by atoms with van der Waals surface area (Å²) in [6, 6.07) is 55.7. The van der Waals surface area contributed by atoms with Gasteiger partial charge in [0.25, 0.3) is 0 Å². The van der Waals surface area contributed by atoms with Gasteiger partial charge in [-0.15, -0.1) is 29.7 Å². The van der Waals surface area contributed by atoms with Gasteiger partial charge < -0.3 is 9.30 Å².